The molecule has 1 fully saturated rings. The van der Waals surface area contributed by atoms with Crippen LogP contribution in [0.1, 0.15) is 51.9 Å². The fraction of sp³-hybridized carbons (Fsp3) is 0.917. The largest absolute Gasteiger partial charge is 0.388 e. The van der Waals surface area contributed by atoms with Crippen LogP contribution in [0.15, 0.2) is 4.99 Å². The van der Waals surface area contributed by atoms with E-state index in [1.54, 1.807) is 0 Å². The van der Waals surface area contributed by atoms with Crippen LogP contribution in [-0.4, -0.2) is 29.8 Å². The Morgan fingerprint density at radius 2 is 2.12 bits per heavy atom. The van der Waals surface area contributed by atoms with Crippen molar-refractivity contribution < 1.29 is 5.11 Å². The monoisotopic (exact) mass is 227 g/mol. The van der Waals surface area contributed by atoms with Gasteiger partial charge in [-0.3, -0.25) is 4.99 Å². The van der Waals surface area contributed by atoms with Crippen molar-refractivity contribution in [3.05, 3.63) is 0 Å². The number of nitrogens with zero attached hydrogens (tertiary/aromatic N) is 1. The summed E-state index contributed by atoms with van der Waals surface area (Å²) in [5.74, 6) is 0.469. The van der Waals surface area contributed by atoms with Crippen molar-refractivity contribution in [3.63, 3.8) is 0 Å². The fourth-order valence-corrected chi connectivity index (χ4v) is 1.80. The lowest BCUT2D eigenvalue weighted by Gasteiger charge is -2.34. The van der Waals surface area contributed by atoms with E-state index in [1.165, 1.54) is 19.3 Å². The molecule has 0 unspecified atom stereocenters. The molecule has 1 aliphatic carbocycles. The Bertz CT molecular complexity index is 224. The lowest BCUT2D eigenvalue weighted by atomic mass is 9.80. The maximum atomic E-state index is 9.81. The summed E-state index contributed by atoms with van der Waals surface area (Å²) in [7, 11) is 0. The Labute approximate surface area is 98.3 Å². The number of unbranched alkanes of at least 4 members (excludes halogenated alkanes) is 3. The Balaban J connectivity index is 2.04. The van der Waals surface area contributed by atoms with Gasteiger partial charge in [-0.05, 0) is 25.7 Å². The van der Waals surface area contributed by atoms with Gasteiger partial charge in [0.2, 0.25) is 0 Å². The maximum Gasteiger partial charge on any atom is 0.188 e. The second-order valence-electron chi connectivity index (χ2n) is 4.77. The van der Waals surface area contributed by atoms with E-state index in [-0.39, 0.29) is 0 Å². The van der Waals surface area contributed by atoms with Crippen LogP contribution < -0.4 is 11.1 Å². The molecule has 0 aromatic carbocycles. The minimum Gasteiger partial charge on any atom is -0.388 e. The van der Waals surface area contributed by atoms with Gasteiger partial charge in [0.1, 0.15) is 0 Å². The quantitative estimate of drug-likeness (QED) is 0.349. The molecule has 4 heteroatoms. The first-order valence-electron chi connectivity index (χ1n) is 6.42. The number of aliphatic hydroxyl groups is 1. The molecule has 0 bridgehead atoms. The van der Waals surface area contributed by atoms with E-state index in [4.69, 9.17) is 5.73 Å². The van der Waals surface area contributed by atoms with Gasteiger partial charge in [-0.15, -0.1) is 0 Å². The zero-order chi connectivity index (χ0) is 11.9. The van der Waals surface area contributed by atoms with Gasteiger partial charge in [0.25, 0.3) is 0 Å². The summed E-state index contributed by atoms with van der Waals surface area (Å²) >= 11 is 0. The highest BCUT2D eigenvalue weighted by molar-refractivity contribution is 5.77. The highest BCUT2D eigenvalue weighted by Gasteiger charge is 2.33. The van der Waals surface area contributed by atoms with Gasteiger partial charge in [-0.25, -0.2) is 0 Å². The van der Waals surface area contributed by atoms with Crippen molar-refractivity contribution in [2.45, 2.75) is 57.5 Å². The first-order valence-corrected chi connectivity index (χ1v) is 6.42. The first kappa shape index (κ1) is 13.3. The van der Waals surface area contributed by atoms with Gasteiger partial charge >= 0.3 is 0 Å². The molecule has 0 aromatic rings. The molecule has 0 spiro atoms. The summed E-state index contributed by atoms with van der Waals surface area (Å²) in [4.78, 5) is 4.17. The van der Waals surface area contributed by atoms with E-state index < -0.39 is 5.60 Å². The number of guanidine groups is 1. The molecule has 4 nitrogen and oxygen atoms in total. The van der Waals surface area contributed by atoms with Crippen LogP contribution in [0.2, 0.25) is 0 Å². The molecule has 0 radical (unpaired) electrons. The Hall–Kier alpha value is -0.770. The molecule has 0 heterocycles. The molecule has 0 aromatic heterocycles. The van der Waals surface area contributed by atoms with Crippen molar-refractivity contribution in [1.82, 2.24) is 5.32 Å². The van der Waals surface area contributed by atoms with E-state index in [0.29, 0.717) is 12.5 Å². The zero-order valence-corrected chi connectivity index (χ0v) is 10.3. The number of nitrogens with two attached hydrogens (primary N) is 1. The summed E-state index contributed by atoms with van der Waals surface area (Å²) in [6.45, 7) is 3.52. The molecule has 94 valence electrons. The number of rotatable bonds is 7. The highest BCUT2D eigenvalue weighted by atomic mass is 16.3. The van der Waals surface area contributed by atoms with E-state index >= 15 is 0 Å². The van der Waals surface area contributed by atoms with E-state index in [1.807, 2.05) is 0 Å². The summed E-state index contributed by atoms with van der Waals surface area (Å²) < 4.78 is 0. The molecule has 1 saturated carbocycles. The third-order valence-corrected chi connectivity index (χ3v) is 3.16. The molecule has 4 N–H and O–H groups in total. The van der Waals surface area contributed by atoms with Gasteiger partial charge in [0.15, 0.2) is 5.96 Å². The summed E-state index contributed by atoms with van der Waals surface area (Å²) in [5.41, 5.74) is 5.14. The zero-order valence-electron chi connectivity index (χ0n) is 10.3. The molecule has 0 atom stereocenters. The predicted molar refractivity (Wildman–Crippen MR) is 67.4 cm³/mol. The van der Waals surface area contributed by atoms with Crippen molar-refractivity contribution in [2.24, 2.45) is 10.7 Å². The molecule has 1 aliphatic rings. The second kappa shape index (κ2) is 6.74. The lowest BCUT2D eigenvalue weighted by molar-refractivity contribution is -0.0235. The minimum absolute atomic E-state index is 0.445. The van der Waals surface area contributed by atoms with Gasteiger partial charge < -0.3 is 16.2 Å². The van der Waals surface area contributed by atoms with Gasteiger partial charge in [0, 0.05) is 6.54 Å². The van der Waals surface area contributed by atoms with Crippen LogP contribution in [0.3, 0.4) is 0 Å². The van der Waals surface area contributed by atoms with Crippen molar-refractivity contribution in [2.75, 3.05) is 13.1 Å². The molecular formula is C12H25N3O. The topological polar surface area (TPSA) is 70.6 Å². The Morgan fingerprint density at radius 1 is 1.38 bits per heavy atom. The standard InChI is InChI=1S/C12H25N3O/c1-2-3-4-5-9-14-11(13)15-10-12(16)7-6-8-12/h16H,2-10H2,1H3,(H3,13,14,15). The van der Waals surface area contributed by atoms with Crippen LogP contribution in [0.25, 0.3) is 0 Å². The van der Waals surface area contributed by atoms with Crippen molar-refractivity contribution in [1.29, 1.82) is 0 Å². The Kier molecular flexibility index (Phi) is 5.60. The molecular weight excluding hydrogens is 202 g/mol. The normalized spacial score (nSPS) is 19.2. The first-order chi connectivity index (χ1) is 7.66. The van der Waals surface area contributed by atoms with Crippen molar-refractivity contribution in [3.8, 4) is 0 Å². The number of hydrogen-bond donors (Lipinski definition) is 3. The van der Waals surface area contributed by atoms with Gasteiger partial charge in [-0.1, -0.05) is 26.2 Å². The number of hydrogen-bond acceptors (Lipinski definition) is 2. The van der Waals surface area contributed by atoms with Crippen LogP contribution in [-0.2, 0) is 0 Å². The van der Waals surface area contributed by atoms with E-state index in [9.17, 15) is 5.11 Å². The summed E-state index contributed by atoms with van der Waals surface area (Å²) in [5, 5.41) is 12.9. The molecule has 0 saturated heterocycles. The highest BCUT2D eigenvalue weighted by Crippen LogP contribution is 2.31. The van der Waals surface area contributed by atoms with E-state index in [2.05, 4.69) is 17.2 Å². The van der Waals surface area contributed by atoms with Crippen LogP contribution >= 0.6 is 0 Å². The maximum absolute atomic E-state index is 9.81. The van der Waals surface area contributed by atoms with Gasteiger partial charge in [-0.2, -0.15) is 0 Å². The molecule has 0 amide bonds. The third kappa shape index (κ3) is 4.84. The minimum atomic E-state index is -0.561. The van der Waals surface area contributed by atoms with Crippen LogP contribution in [0.4, 0.5) is 0 Å². The van der Waals surface area contributed by atoms with E-state index in [0.717, 1.165) is 32.2 Å². The predicted octanol–water partition coefficient (Wildman–Crippen LogP) is 1.39. The van der Waals surface area contributed by atoms with Crippen molar-refractivity contribution >= 4 is 5.96 Å². The average Bonchev–Trinajstić information content (AvgIpc) is 2.23. The SMILES string of the molecule is CCCCCCNC(N)=NCC1(O)CCC1. The van der Waals surface area contributed by atoms with Gasteiger partial charge in [0.05, 0.1) is 12.1 Å². The summed E-state index contributed by atoms with van der Waals surface area (Å²) in [6, 6.07) is 0. The van der Waals surface area contributed by atoms with Crippen LogP contribution in [0.5, 0.6) is 0 Å². The lowest BCUT2D eigenvalue weighted by Crippen LogP contribution is -2.42. The molecule has 0 aliphatic heterocycles. The molecule has 16 heavy (non-hydrogen) atoms. The average molecular weight is 227 g/mol. The number of aliphatic imine (C=N–C) groups is 1. The smallest absolute Gasteiger partial charge is 0.188 e. The Morgan fingerprint density at radius 3 is 2.69 bits per heavy atom. The molecule has 1 rings (SSSR count). The third-order valence-electron chi connectivity index (χ3n) is 3.16. The second-order valence-corrected chi connectivity index (χ2v) is 4.77. The van der Waals surface area contributed by atoms with Crippen LogP contribution in [0, 0.1) is 0 Å². The summed E-state index contributed by atoms with van der Waals surface area (Å²) in [6.07, 6.45) is 7.72. The fourth-order valence-electron chi connectivity index (χ4n) is 1.80. The number of nitrogens with one attached hydrogen (secondary N) is 1.